The van der Waals surface area contributed by atoms with Crippen LogP contribution in [-0.4, -0.2) is 44.5 Å². The number of carboxylic acids is 1. The van der Waals surface area contributed by atoms with Crippen LogP contribution in [0.5, 0.6) is 0 Å². The second-order valence-corrected chi connectivity index (χ2v) is 10.5. The molecule has 3 aromatic rings. The average molecular weight is 523 g/mol. The minimum atomic E-state index is -1.43. The van der Waals surface area contributed by atoms with E-state index >= 15 is 0 Å². The van der Waals surface area contributed by atoms with Crippen LogP contribution >= 0.6 is 0 Å². The molecule has 0 saturated carbocycles. The number of aliphatic hydroxyl groups is 1. The molecular weight excluding hydrogens is 488 g/mol. The van der Waals surface area contributed by atoms with Gasteiger partial charge in [0, 0.05) is 13.0 Å². The SMILES string of the molecule is CCc1nc(C(C)(C)O)c(C(=O)OCOC(=O)C(C)(C)C)n1Cc1ccc(-c2ccccc2C(=O)O)cc1. The van der Waals surface area contributed by atoms with Crippen LogP contribution in [0, 0.1) is 5.41 Å². The highest BCUT2D eigenvalue weighted by atomic mass is 16.7. The first-order chi connectivity index (χ1) is 17.7. The zero-order valence-electron chi connectivity index (χ0n) is 22.6. The van der Waals surface area contributed by atoms with Gasteiger partial charge in [-0.3, -0.25) is 4.79 Å². The van der Waals surface area contributed by atoms with E-state index in [0.717, 1.165) is 11.1 Å². The third-order valence-corrected chi connectivity index (χ3v) is 5.89. The summed E-state index contributed by atoms with van der Waals surface area (Å²) in [6, 6.07) is 14.1. The lowest BCUT2D eigenvalue weighted by molar-refractivity contribution is -0.161. The Kier molecular flexibility index (Phi) is 8.41. The van der Waals surface area contributed by atoms with Crippen LogP contribution in [-0.2, 0) is 32.8 Å². The number of aryl methyl sites for hydroxylation is 1. The van der Waals surface area contributed by atoms with Crippen LogP contribution < -0.4 is 0 Å². The molecule has 0 spiro atoms. The molecule has 0 aliphatic carbocycles. The molecule has 0 aliphatic heterocycles. The quantitative estimate of drug-likeness (QED) is 0.303. The normalized spacial score (nSPS) is 11.8. The lowest BCUT2D eigenvalue weighted by atomic mass is 9.98. The molecule has 3 rings (SSSR count). The minimum absolute atomic E-state index is 0.0708. The highest BCUT2D eigenvalue weighted by Crippen LogP contribution is 2.28. The van der Waals surface area contributed by atoms with Crippen molar-refractivity contribution in [2.24, 2.45) is 5.41 Å². The Morgan fingerprint density at radius 2 is 1.58 bits per heavy atom. The van der Waals surface area contributed by atoms with Gasteiger partial charge < -0.3 is 24.3 Å². The Bertz CT molecular complexity index is 1330. The van der Waals surface area contributed by atoms with Gasteiger partial charge in [-0.2, -0.15) is 0 Å². The van der Waals surface area contributed by atoms with Gasteiger partial charge in [-0.05, 0) is 57.4 Å². The number of hydrogen-bond acceptors (Lipinski definition) is 7. The summed E-state index contributed by atoms with van der Waals surface area (Å²) in [4.78, 5) is 41.4. The topological polar surface area (TPSA) is 128 Å². The number of benzene rings is 2. The van der Waals surface area contributed by atoms with Gasteiger partial charge in [-0.15, -0.1) is 0 Å². The molecule has 202 valence electrons. The summed E-state index contributed by atoms with van der Waals surface area (Å²) in [6.45, 7) is 9.71. The van der Waals surface area contributed by atoms with Crippen LogP contribution in [0.25, 0.3) is 11.1 Å². The Labute approximate surface area is 222 Å². The predicted molar refractivity (Wildman–Crippen MR) is 141 cm³/mol. The van der Waals surface area contributed by atoms with Crippen molar-refractivity contribution in [3.8, 4) is 11.1 Å². The van der Waals surface area contributed by atoms with Crippen molar-refractivity contribution in [1.29, 1.82) is 0 Å². The van der Waals surface area contributed by atoms with E-state index in [1.54, 1.807) is 49.6 Å². The summed E-state index contributed by atoms with van der Waals surface area (Å²) in [5, 5.41) is 20.3. The first kappa shape index (κ1) is 28.6. The summed E-state index contributed by atoms with van der Waals surface area (Å²) < 4.78 is 12.0. The van der Waals surface area contributed by atoms with E-state index in [9.17, 15) is 24.6 Å². The van der Waals surface area contributed by atoms with Crippen LogP contribution in [0.3, 0.4) is 0 Å². The lowest BCUT2D eigenvalue weighted by Gasteiger charge is -2.19. The molecule has 38 heavy (non-hydrogen) atoms. The number of carboxylic acid groups (broad SMARTS) is 1. The highest BCUT2D eigenvalue weighted by molar-refractivity contribution is 5.96. The molecule has 9 heteroatoms. The zero-order chi connectivity index (χ0) is 28.3. The first-order valence-electron chi connectivity index (χ1n) is 12.3. The maximum atomic E-state index is 13.2. The second kappa shape index (κ2) is 11.2. The zero-order valence-corrected chi connectivity index (χ0v) is 22.6. The Hall–Kier alpha value is -3.98. The number of nitrogens with zero attached hydrogens (tertiary/aromatic N) is 2. The molecule has 0 fully saturated rings. The molecule has 0 atom stereocenters. The molecule has 9 nitrogen and oxygen atoms in total. The van der Waals surface area contributed by atoms with E-state index in [4.69, 9.17) is 9.47 Å². The van der Waals surface area contributed by atoms with E-state index in [0.29, 0.717) is 17.8 Å². The second-order valence-electron chi connectivity index (χ2n) is 10.5. The summed E-state index contributed by atoms with van der Waals surface area (Å²) >= 11 is 0. The van der Waals surface area contributed by atoms with Crippen molar-refractivity contribution in [3.05, 3.63) is 76.9 Å². The maximum Gasteiger partial charge on any atom is 0.359 e. The van der Waals surface area contributed by atoms with Gasteiger partial charge in [0.25, 0.3) is 0 Å². The summed E-state index contributed by atoms with van der Waals surface area (Å²) in [5.74, 6) is -1.73. The molecule has 2 aromatic carbocycles. The fraction of sp³-hybridized carbons (Fsp3) is 0.379. The molecule has 0 unspecified atom stereocenters. The number of aromatic carboxylic acids is 1. The molecule has 0 bridgehead atoms. The largest absolute Gasteiger partial charge is 0.478 e. The van der Waals surface area contributed by atoms with Crippen molar-refractivity contribution in [3.63, 3.8) is 0 Å². The number of carbonyl (C=O) groups excluding carboxylic acids is 2. The van der Waals surface area contributed by atoms with Gasteiger partial charge in [-0.1, -0.05) is 49.4 Å². The van der Waals surface area contributed by atoms with Crippen LogP contribution in [0.15, 0.2) is 48.5 Å². The van der Waals surface area contributed by atoms with Crippen molar-refractivity contribution in [1.82, 2.24) is 9.55 Å². The molecule has 2 N–H and O–H groups in total. The summed E-state index contributed by atoms with van der Waals surface area (Å²) in [5.41, 5.74) is 0.413. The van der Waals surface area contributed by atoms with Gasteiger partial charge in [0.2, 0.25) is 6.79 Å². The number of rotatable bonds is 9. The fourth-order valence-corrected chi connectivity index (χ4v) is 3.89. The van der Waals surface area contributed by atoms with Crippen molar-refractivity contribution >= 4 is 17.9 Å². The standard InChI is InChI=1S/C29H34N2O7/c1-7-22-30-24(29(5,6)36)23(26(34)37-17-38-27(35)28(2,3)4)31(22)16-18-12-14-19(15-13-18)20-10-8-9-11-21(20)25(32)33/h8-15,36H,7,16-17H2,1-6H3,(H,32,33). The van der Waals surface area contributed by atoms with Crippen LogP contribution in [0.2, 0.25) is 0 Å². The molecule has 0 amide bonds. The van der Waals surface area contributed by atoms with E-state index < -0.39 is 35.7 Å². The number of esters is 2. The number of imidazole rings is 1. The molecule has 0 aliphatic rings. The average Bonchev–Trinajstić information content (AvgIpc) is 3.22. The summed E-state index contributed by atoms with van der Waals surface area (Å²) in [6.07, 6.45) is 0.486. The Morgan fingerprint density at radius 1 is 0.947 bits per heavy atom. The van der Waals surface area contributed by atoms with Gasteiger partial charge >= 0.3 is 17.9 Å². The van der Waals surface area contributed by atoms with E-state index in [2.05, 4.69) is 4.98 Å². The number of aromatic nitrogens is 2. The highest BCUT2D eigenvalue weighted by Gasteiger charge is 2.33. The first-order valence-corrected chi connectivity index (χ1v) is 12.3. The van der Waals surface area contributed by atoms with Crippen LogP contribution in [0.1, 0.15) is 79.5 Å². The van der Waals surface area contributed by atoms with Gasteiger partial charge in [0.1, 0.15) is 17.1 Å². The molecular formula is C29H34N2O7. The van der Waals surface area contributed by atoms with Crippen molar-refractivity contribution < 1.29 is 34.1 Å². The molecule has 1 heterocycles. The number of hydrogen-bond donors (Lipinski definition) is 2. The van der Waals surface area contributed by atoms with Gasteiger partial charge in [-0.25, -0.2) is 14.6 Å². The summed E-state index contributed by atoms with van der Waals surface area (Å²) in [7, 11) is 0. The van der Waals surface area contributed by atoms with E-state index in [-0.39, 0.29) is 23.5 Å². The maximum absolute atomic E-state index is 13.2. The number of ether oxygens (including phenoxy) is 2. The van der Waals surface area contributed by atoms with Crippen molar-refractivity contribution in [2.75, 3.05) is 6.79 Å². The van der Waals surface area contributed by atoms with E-state index in [1.807, 2.05) is 31.2 Å². The predicted octanol–water partition coefficient (Wildman–Crippen LogP) is 4.79. The number of carbonyl (C=O) groups is 3. The lowest BCUT2D eigenvalue weighted by Crippen LogP contribution is -2.27. The van der Waals surface area contributed by atoms with Gasteiger partial charge in [0.15, 0.2) is 5.69 Å². The third-order valence-electron chi connectivity index (χ3n) is 5.89. The van der Waals surface area contributed by atoms with Crippen LogP contribution in [0.4, 0.5) is 0 Å². The third kappa shape index (κ3) is 6.47. The van der Waals surface area contributed by atoms with Gasteiger partial charge in [0.05, 0.1) is 11.0 Å². The minimum Gasteiger partial charge on any atom is -0.478 e. The molecule has 0 saturated heterocycles. The van der Waals surface area contributed by atoms with E-state index in [1.165, 1.54) is 13.8 Å². The Balaban J connectivity index is 1.93. The Morgan fingerprint density at radius 3 is 2.13 bits per heavy atom. The smallest absolute Gasteiger partial charge is 0.359 e. The fourth-order valence-electron chi connectivity index (χ4n) is 3.89. The monoisotopic (exact) mass is 522 g/mol. The molecule has 1 aromatic heterocycles. The molecule has 0 radical (unpaired) electrons. The van der Waals surface area contributed by atoms with Crippen molar-refractivity contribution in [2.45, 2.75) is 60.1 Å².